The Morgan fingerprint density at radius 1 is 1.00 bits per heavy atom. The zero-order valence-electron chi connectivity index (χ0n) is 23.7. The smallest absolute Gasteiger partial charge is 0.405 e. The summed E-state index contributed by atoms with van der Waals surface area (Å²) in [6, 6.07) is -3.71. The van der Waals surface area contributed by atoms with Gasteiger partial charge in [0, 0.05) is 19.0 Å². The van der Waals surface area contributed by atoms with Gasteiger partial charge >= 0.3 is 6.09 Å². The Hall–Kier alpha value is -2.79. The number of hydrogen-bond donors (Lipinski definition) is 4. The number of likely N-dealkylation sites (tertiary alicyclic amines) is 1. The Labute approximate surface area is 233 Å². The number of ketones is 1. The summed E-state index contributed by atoms with van der Waals surface area (Å²) >= 11 is 0. The number of nitrogens with zero attached hydrogens (tertiary/aromatic N) is 1. The number of amides is 4. The van der Waals surface area contributed by atoms with Gasteiger partial charge in [0.2, 0.25) is 23.5 Å². The molecule has 12 heteroatoms. The van der Waals surface area contributed by atoms with Gasteiger partial charge in [-0.15, -0.1) is 0 Å². The molecular weight excluding hydrogens is 526 g/mol. The van der Waals surface area contributed by atoms with Gasteiger partial charge in [-0.2, -0.15) is 0 Å². The van der Waals surface area contributed by atoms with E-state index in [4.69, 9.17) is 0 Å². The summed E-state index contributed by atoms with van der Waals surface area (Å²) in [6.07, 6.45) is 3.89. The number of nitrogens with one attached hydrogen (secondary N) is 3. The zero-order chi connectivity index (χ0) is 29.6. The molecule has 4 amide bonds. The third-order valence-electron chi connectivity index (χ3n) is 9.15. The molecule has 0 aromatic rings. The van der Waals surface area contributed by atoms with E-state index in [-0.39, 0.29) is 29.8 Å². The number of halogens is 2. The summed E-state index contributed by atoms with van der Waals surface area (Å²) in [5.41, 5.74) is -0.897. The van der Waals surface area contributed by atoms with Crippen molar-refractivity contribution in [2.75, 3.05) is 6.54 Å². The highest BCUT2D eigenvalue weighted by atomic mass is 19.3. The lowest BCUT2D eigenvalue weighted by Gasteiger charge is -2.39. The van der Waals surface area contributed by atoms with Crippen molar-refractivity contribution in [3.63, 3.8) is 0 Å². The highest BCUT2D eigenvalue weighted by molar-refractivity contribution is 6.38. The lowest BCUT2D eigenvalue weighted by atomic mass is 9.80. The number of hydrogen-bond acceptors (Lipinski definition) is 5. The third-order valence-corrected chi connectivity index (χ3v) is 9.15. The summed E-state index contributed by atoms with van der Waals surface area (Å²) in [6.45, 7) is 6.15. The molecule has 1 saturated heterocycles. The Morgan fingerprint density at radius 3 is 2.15 bits per heavy atom. The van der Waals surface area contributed by atoms with Crippen LogP contribution in [0.5, 0.6) is 0 Å². The van der Waals surface area contributed by atoms with Gasteiger partial charge in [0.05, 0.1) is 6.04 Å². The van der Waals surface area contributed by atoms with Crippen LogP contribution in [0.15, 0.2) is 0 Å². The van der Waals surface area contributed by atoms with Gasteiger partial charge in [-0.25, -0.2) is 13.6 Å². The monoisotopic (exact) mass is 568 g/mol. The van der Waals surface area contributed by atoms with Crippen LogP contribution in [0.3, 0.4) is 0 Å². The Kier molecular flexibility index (Phi) is 8.21. The molecule has 3 aliphatic carbocycles. The molecule has 224 valence electrons. The summed E-state index contributed by atoms with van der Waals surface area (Å²) in [5.74, 6) is -6.33. The minimum absolute atomic E-state index is 0.0604. The van der Waals surface area contributed by atoms with Crippen molar-refractivity contribution in [1.82, 2.24) is 20.9 Å². The Morgan fingerprint density at radius 2 is 1.62 bits per heavy atom. The molecule has 1 spiro atoms. The second-order valence-electron chi connectivity index (χ2n) is 13.4. The number of alkyl halides is 2. The summed E-state index contributed by atoms with van der Waals surface area (Å²) in [7, 11) is 0. The molecule has 5 atom stereocenters. The van der Waals surface area contributed by atoms with Crippen molar-refractivity contribution in [3.8, 4) is 0 Å². The lowest BCUT2D eigenvalue weighted by Crippen LogP contribution is -2.60. The van der Waals surface area contributed by atoms with Gasteiger partial charge in [0.25, 0.3) is 5.91 Å². The van der Waals surface area contributed by atoms with Crippen molar-refractivity contribution >= 4 is 29.6 Å². The predicted molar refractivity (Wildman–Crippen MR) is 140 cm³/mol. The fraction of sp³-hybridized carbons (Fsp3) is 0.821. The fourth-order valence-corrected chi connectivity index (χ4v) is 6.91. The maximum atomic E-state index is 13.9. The minimum atomic E-state index is -3.11. The number of Topliss-reactive ketones (excluding diaryl/α,β-unsaturated/α-hetero) is 1. The van der Waals surface area contributed by atoms with Gasteiger partial charge in [-0.1, -0.05) is 40.0 Å². The van der Waals surface area contributed by atoms with Gasteiger partial charge in [-0.05, 0) is 61.7 Å². The van der Waals surface area contributed by atoms with Crippen LogP contribution in [0.25, 0.3) is 0 Å². The highest BCUT2D eigenvalue weighted by Crippen LogP contribution is 2.71. The van der Waals surface area contributed by atoms with Crippen LogP contribution in [0.2, 0.25) is 0 Å². The van der Waals surface area contributed by atoms with Crippen molar-refractivity contribution < 1.29 is 37.9 Å². The van der Waals surface area contributed by atoms with E-state index in [1.165, 1.54) is 4.90 Å². The van der Waals surface area contributed by atoms with E-state index in [0.717, 1.165) is 44.9 Å². The number of carboxylic acid groups (broad SMARTS) is 1. The van der Waals surface area contributed by atoms with Gasteiger partial charge < -0.3 is 26.0 Å². The van der Waals surface area contributed by atoms with E-state index in [1.807, 2.05) is 0 Å². The largest absolute Gasteiger partial charge is 0.465 e. The Balaban J connectivity index is 1.59. The molecule has 3 saturated carbocycles. The maximum Gasteiger partial charge on any atom is 0.405 e. The molecule has 10 nitrogen and oxygen atoms in total. The first-order valence-electron chi connectivity index (χ1n) is 14.4. The average molecular weight is 569 g/mol. The van der Waals surface area contributed by atoms with Crippen LogP contribution in [0.1, 0.15) is 85.5 Å². The molecule has 4 N–H and O–H groups in total. The van der Waals surface area contributed by atoms with E-state index in [9.17, 15) is 37.9 Å². The fourth-order valence-electron chi connectivity index (χ4n) is 6.91. The normalized spacial score (nSPS) is 26.9. The van der Waals surface area contributed by atoms with E-state index in [2.05, 4.69) is 16.0 Å². The minimum Gasteiger partial charge on any atom is -0.465 e. The van der Waals surface area contributed by atoms with Crippen LogP contribution in [0.4, 0.5) is 13.6 Å². The van der Waals surface area contributed by atoms with E-state index >= 15 is 0 Å². The van der Waals surface area contributed by atoms with Crippen LogP contribution in [0, 0.1) is 22.7 Å². The molecular formula is C28H42F2N4O6. The molecule has 4 rings (SSSR count). The molecule has 4 fully saturated rings. The molecule has 2 unspecified atom stereocenters. The topological polar surface area (TPSA) is 145 Å². The SMILES string of the molecule is CC(F)(F)CCC(NC(=O)[C@@H]1[C@@H]2[C@H](CN1C(=O)C(NC(=O)O)C(C)(C)C)C21CCCCC1)C(=O)C(=O)NC1CC1. The standard InChI is InChI=1S/C28H42F2N4O6/c1-26(2,3)21(33-25(39)40)24(38)34-14-16-18(28(16)11-6-5-7-12-28)19(34)22(36)32-17(10-13-27(4,29)30)20(35)23(37)31-15-8-9-15/h15-19,21,33H,5-14H2,1-4H3,(H,31,37)(H,32,36)(H,39,40)/t16-,17?,18-,19-,21?/m0/s1. The molecule has 0 radical (unpaired) electrons. The molecule has 40 heavy (non-hydrogen) atoms. The predicted octanol–water partition coefficient (Wildman–Crippen LogP) is 2.84. The van der Waals surface area contributed by atoms with Crippen LogP contribution >= 0.6 is 0 Å². The van der Waals surface area contributed by atoms with E-state index in [0.29, 0.717) is 6.92 Å². The third kappa shape index (κ3) is 6.40. The molecule has 0 aromatic heterocycles. The molecule has 0 bridgehead atoms. The van der Waals surface area contributed by atoms with Gasteiger partial charge in [0.15, 0.2) is 0 Å². The second-order valence-corrected chi connectivity index (χ2v) is 13.4. The van der Waals surface area contributed by atoms with Crippen LogP contribution in [-0.2, 0) is 19.2 Å². The van der Waals surface area contributed by atoms with E-state index < -0.39 is 71.9 Å². The van der Waals surface area contributed by atoms with Crippen molar-refractivity contribution in [1.29, 1.82) is 0 Å². The molecule has 1 aliphatic heterocycles. The lowest BCUT2D eigenvalue weighted by molar-refractivity contribution is -0.145. The molecule has 4 aliphatic rings. The number of carbonyl (C=O) groups is 5. The first-order valence-corrected chi connectivity index (χ1v) is 14.4. The van der Waals surface area contributed by atoms with Crippen LogP contribution < -0.4 is 16.0 Å². The summed E-state index contributed by atoms with van der Waals surface area (Å²) < 4.78 is 27.5. The van der Waals surface area contributed by atoms with Gasteiger partial charge in [-0.3, -0.25) is 19.2 Å². The average Bonchev–Trinajstić information content (AvgIpc) is 3.72. The van der Waals surface area contributed by atoms with E-state index in [1.54, 1.807) is 20.8 Å². The Bertz CT molecular complexity index is 1040. The van der Waals surface area contributed by atoms with Crippen LogP contribution in [-0.4, -0.2) is 76.2 Å². The summed E-state index contributed by atoms with van der Waals surface area (Å²) in [4.78, 5) is 66.1. The van der Waals surface area contributed by atoms with Gasteiger partial charge in [0.1, 0.15) is 12.1 Å². The molecule has 0 aromatic carbocycles. The number of piperidine rings is 1. The highest BCUT2D eigenvalue weighted by Gasteiger charge is 2.73. The number of fused-ring (bicyclic) bond motifs is 3. The summed E-state index contributed by atoms with van der Waals surface area (Å²) in [5, 5.41) is 16.8. The quantitative estimate of drug-likeness (QED) is 0.298. The maximum absolute atomic E-state index is 13.9. The first kappa shape index (κ1) is 30.2. The number of carbonyl (C=O) groups excluding carboxylic acids is 4. The zero-order valence-corrected chi connectivity index (χ0v) is 23.7. The second kappa shape index (κ2) is 10.9. The molecule has 1 heterocycles. The first-order chi connectivity index (χ1) is 18.5. The number of rotatable bonds is 10. The van der Waals surface area contributed by atoms with Crippen molar-refractivity contribution in [3.05, 3.63) is 0 Å². The van der Waals surface area contributed by atoms with Crippen molar-refractivity contribution in [2.24, 2.45) is 22.7 Å². The van der Waals surface area contributed by atoms with Crippen molar-refractivity contribution in [2.45, 2.75) is 116 Å².